The monoisotopic (exact) mass is 130 g/mol. The second-order valence-corrected chi connectivity index (χ2v) is 1.78. The Kier molecular flexibility index (Phi) is 7.08. The summed E-state index contributed by atoms with van der Waals surface area (Å²) in [5.74, 6) is 0. The predicted molar refractivity (Wildman–Crippen MR) is 37.1 cm³/mol. The van der Waals surface area contributed by atoms with Gasteiger partial charge in [0.25, 0.3) is 0 Å². The minimum Gasteiger partial charge on any atom is -0.501 e. The van der Waals surface area contributed by atoms with Crippen molar-refractivity contribution in [2.75, 3.05) is 13.2 Å². The Bertz CT molecular complexity index is 69.3. The standard InChI is InChI=1S/C7H14O2/c1-2-3-6-9-7-4-5-8/h4,7-8H,2-3,5-6H2,1H3. The van der Waals surface area contributed by atoms with Crippen LogP contribution in [0.5, 0.6) is 0 Å². The van der Waals surface area contributed by atoms with E-state index in [4.69, 9.17) is 9.84 Å². The largest absolute Gasteiger partial charge is 0.501 e. The second kappa shape index (κ2) is 7.50. The van der Waals surface area contributed by atoms with Gasteiger partial charge in [-0.25, -0.2) is 0 Å². The third-order valence-corrected chi connectivity index (χ3v) is 0.914. The molecule has 0 unspecified atom stereocenters. The molecule has 0 fully saturated rings. The van der Waals surface area contributed by atoms with Crippen molar-refractivity contribution in [2.45, 2.75) is 19.8 Å². The van der Waals surface area contributed by atoms with Gasteiger partial charge in [-0.3, -0.25) is 0 Å². The first-order valence-corrected chi connectivity index (χ1v) is 3.29. The molecule has 0 spiro atoms. The van der Waals surface area contributed by atoms with E-state index in [1.165, 1.54) is 6.26 Å². The maximum Gasteiger partial charge on any atom is 0.0873 e. The molecule has 0 aliphatic carbocycles. The molecule has 2 nitrogen and oxygen atoms in total. The average Bonchev–Trinajstić information content (AvgIpc) is 1.89. The van der Waals surface area contributed by atoms with Crippen LogP contribution >= 0.6 is 0 Å². The van der Waals surface area contributed by atoms with Crippen molar-refractivity contribution in [3.05, 3.63) is 12.3 Å². The van der Waals surface area contributed by atoms with Crippen LogP contribution in [0.2, 0.25) is 0 Å². The van der Waals surface area contributed by atoms with Crippen molar-refractivity contribution < 1.29 is 9.84 Å². The van der Waals surface area contributed by atoms with Gasteiger partial charge in [-0.15, -0.1) is 0 Å². The van der Waals surface area contributed by atoms with Crippen molar-refractivity contribution >= 4 is 0 Å². The lowest BCUT2D eigenvalue weighted by atomic mass is 10.4. The smallest absolute Gasteiger partial charge is 0.0873 e. The summed E-state index contributed by atoms with van der Waals surface area (Å²) >= 11 is 0. The molecule has 0 radical (unpaired) electrons. The van der Waals surface area contributed by atoms with Crippen molar-refractivity contribution in [1.29, 1.82) is 0 Å². The second-order valence-electron chi connectivity index (χ2n) is 1.78. The van der Waals surface area contributed by atoms with E-state index >= 15 is 0 Å². The number of ether oxygens (including phenoxy) is 1. The number of aliphatic hydroxyl groups is 1. The molecule has 0 atom stereocenters. The van der Waals surface area contributed by atoms with Gasteiger partial charge >= 0.3 is 0 Å². The molecular formula is C7H14O2. The number of aliphatic hydroxyl groups excluding tert-OH is 1. The number of hydrogen-bond acceptors (Lipinski definition) is 2. The topological polar surface area (TPSA) is 29.5 Å². The van der Waals surface area contributed by atoms with E-state index in [9.17, 15) is 0 Å². The van der Waals surface area contributed by atoms with E-state index in [1.807, 2.05) is 0 Å². The number of rotatable bonds is 5. The average molecular weight is 130 g/mol. The fourth-order valence-corrected chi connectivity index (χ4v) is 0.407. The minimum absolute atomic E-state index is 0.0616. The van der Waals surface area contributed by atoms with Crippen LogP contribution in [-0.4, -0.2) is 18.3 Å². The van der Waals surface area contributed by atoms with Gasteiger partial charge in [0.1, 0.15) is 0 Å². The summed E-state index contributed by atoms with van der Waals surface area (Å²) in [6.07, 6.45) is 5.34. The van der Waals surface area contributed by atoms with E-state index in [2.05, 4.69) is 6.92 Å². The highest BCUT2D eigenvalue weighted by molar-refractivity contribution is 4.70. The molecule has 0 aliphatic rings. The summed E-state index contributed by atoms with van der Waals surface area (Å²) < 4.78 is 4.97. The molecule has 1 N–H and O–H groups in total. The van der Waals surface area contributed by atoms with Crippen LogP contribution in [0.3, 0.4) is 0 Å². The molecule has 0 heterocycles. The van der Waals surface area contributed by atoms with Gasteiger partial charge in [0.2, 0.25) is 0 Å². The molecule has 0 aromatic rings. The normalized spacial score (nSPS) is 10.4. The third-order valence-electron chi connectivity index (χ3n) is 0.914. The van der Waals surface area contributed by atoms with Crippen LogP contribution in [0.15, 0.2) is 12.3 Å². The Morgan fingerprint density at radius 3 is 2.89 bits per heavy atom. The van der Waals surface area contributed by atoms with Gasteiger partial charge in [-0.2, -0.15) is 0 Å². The van der Waals surface area contributed by atoms with Crippen LogP contribution in [0.25, 0.3) is 0 Å². The van der Waals surface area contributed by atoms with Crippen LogP contribution in [0.1, 0.15) is 19.8 Å². The Balaban J connectivity index is 2.82. The summed E-state index contributed by atoms with van der Waals surface area (Å²) in [7, 11) is 0. The van der Waals surface area contributed by atoms with Gasteiger partial charge in [0, 0.05) is 0 Å². The molecule has 0 rings (SSSR count). The lowest BCUT2D eigenvalue weighted by Gasteiger charge is -1.95. The molecule has 2 heteroatoms. The van der Waals surface area contributed by atoms with Crippen LogP contribution in [0, 0.1) is 0 Å². The van der Waals surface area contributed by atoms with E-state index < -0.39 is 0 Å². The summed E-state index contributed by atoms with van der Waals surface area (Å²) in [6, 6.07) is 0. The lowest BCUT2D eigenvalue weighted by molar-refractivity contribution is 0.238. The molecule has 0 aromatic carbocycles. The van der Waals surface area contributed by atoms with Gasteiger partial charge in [-0.05, 0) is 12.5 Å². The van der Waals surface area contributed by atoms with E-state index in [0.717, 1.165) is 19.4 Å². The number of hydrogen-bond donors (Lipinski definition) is 1. The molecule has 9 heavy (non-hydrogen) atoms. The van der Waals surface area contributed by atoms with Crippen LogP contribution < -0.4 is 0 Å². The Hall–Kier alpha value is -0.500. The van der Waals surface area contributed by atoms with Crippen molar-refractivity contribution in [1.82, 2.24) is 0 Å². The molecule has 0 saturated heterocycles. The highest BCUT2D eigenvalue weighted by atomic mass is 16.5. The van der Waals surface area contributed by atoms with E-state index in [0.29, 0.717) is 0 Å². The van der Waals surface area contributed by atoms with Gasteiger partial charge < -0.3 is 9.84 Å². The van der Waals surface area contributed by atoms with E-state index in [-0.39, 0.29) is 6.61 Å². The SMILES string of the molecule is CCCCOC=CCO. The van der Waals surface area contributed by atoms with Crippen molar-refractivity contribution in [2.24, 2.45) is 0 Å². The molecule has 0 aromatic heterocycles. The van der Waals surface area contributed by atoms with Crippen LogP contribution in [-0.2, 0) is 4.74 Å². The summed E-state index contributed by atoms with van der Waals surface area (Å²) in [5.41, 5.74) is 0. The first-order valence-electron chi connectivity index (χ1n) is 3.29. The zero-order valence-electron chi connectivity index (χ0n) is 5.84. The van der Waals surface area contributed by atoms with Crippen molar-refractivity contribution in [3.63, 3.8) is 0 Å². The summed E-state index contributed by atoms with van der Waals surface area (Å²) in [4.78, 5) is 0. The molecule has 0 aliphatic heterocycles. The van der Waals surface area contributed by atoms with E-state index in [1.54, 1.807) is 6.08 Å². The lowest BCUT2D eigenvalue weighted by Crippen LogP contribution is -1.85. The minimum atomic E-state index is 0.0616. The fraction of sp³-hybridized carbons (Fsp3) is 0.714. The first kappa shape index (κ1) is 8.50. The quantitative estimate of drug-likeness (QED) is 0.449. The highest BCUT2D eigenvalue weighted by Crippen LogP contribution is 1.87. The van der Waals surface area contributed by atoms with Crippen LogP contribution in [0.4, 0.5) is 0 Å². The Labute approximate surface area is 56.1 Å². The highest BCUT2D eigenvalue weighted by Gasteiger charge is 1.78. The third kappa shape index (κ3) is 7.50. The summed E-state index contributed by atoms with van der Waals surface area (Å²) in [6.45, 7) is 2.93. The number of unbranched alkanes of at least 4 members (excludes halogenated alkanes) is 1. The Morgan fingerprint density at radius 2 is 2.33 bits per heavy atom. The first-order chi connectivity index (χ1) is 4.41. The molecule has 0 bridgehead atoms. The fourth-order valence-electron chi connectivity index (χ4n) is 0.407. The zero-order valence-corrected chi connectivity index (χ0v) is 5.84. The molecule has 0 saturated carbocycles. The molecule has 54 valence electrons. The maximum absolute atomic E-state index is 8.26. The Morgan fingerprint density at radius 1 is 1.56 bits per heavy atom. The summed E-state index contributed by atoms with van der Waals surface area (Å²) in [5, 5.41) is 8.26. The van der Waals surface area contributed by atoms with Gasteiger partial charge in [-0.1, -0.05) is 13.3 Å². The van der Waals surface area contributed by atoms with Gasteiger partial charge in [0.15, 0.2) is 0 Å². The molecular weight excluding hydrogens is 116 g/mol. The zero-order chi connectivity index (χ0) is 6.95. The predicted octanol–water partition coefficient (Wildman–Crippen LogP) is 1.31. The van der Waals surface area contributed by atoms with Gasteiger partial charge in [0.05, 0.1) is 19.5 Å². The van der Waals surface area contributed by atoms with Crippen molar-refractivity contribution in [3.8, 4) is 0 Å². The maximum atomic E-state index is 8.26. The molecule has 0 amide bonds.